The van der Waals surface area contributed by atoms with Crippen molar-refractivity contribution in [1.82, 2.24) is 10.2 Å². The van der Waals surface area contributed by atoms with Gasteiger partial charge in [-0.2, -0.15) is 0 Å². The van der Waals surface area contributed by atoms with E-state index in [1.807, 2.05) is 4.90 Å². The highest BCUT2D eigenvalue weighted by molar-refractivity contribution is 5.81. The first-order chi connectivity index (χ1) is 10.5. The van der Waals surface area contributed by atoms with Gasteiger partial charge < -0.3 is 15.0 Å². The zero-order valence-corrected chi connectivity index (χ0v) is 14.2. The average molecular weight is 310 g/mol. The molecule has 0 aromatic rings. The second-order valence-corrected chi connectivity index (χ2v) is 7.27. The van der Waals surface area contributed by atoms with Gasteiger partial charge in [0.25, 0.3) is 0 Å². The van der Waals surface area contributed by atoms with Crippen molar-refractivity contribution in [1.29, 1.82) is 0 Å². The quantitative estimate of drug-likeness (QED) is 0.782. The number of hydrogen-bond acceptors (Lipinski definition) is 3. The number of amides is 2. The molecule has 5 heteroatoms. The molecular formula is C17H30N2O3. The van der Waals surface area contributed by atoms with E-state index in [2.05, 4.69) is 19.2 Å². The molecule has 0 bridgehead atoms. The van der Waals surface area contributed by atoms with E-state index >= 15 is 0 Å². The normalized spacial score (nSPS) is 21.0. The molecule has 0 spiro atoms. The van der Waals surface area contributed by atoms with Crippen LogP contribution < -0.4 is 5.32 Å². The third kappa shape index (κ3) is 4.70. The molecular weight excluding hydrogens is 280 g/mol. The van der Waals surface area contributed by atoms with Crippen LogP contribution in [0.3, 0.4) is 0 Å². The molecule has 0 aromatic heterocycles. The number of nitrogens with zero attached hydrogens (tertiary/aromatic N) is 1. The van der Waals surface area contributed by atoms with Crippen LogP contribution in [-0.4, -0.2) is 49.1 Å². The van der Waals surface area contributed by atoms with Crippen LogP contribution in [0, 0.1) is 11.8 Å². The highest BCUT2D eigenvalue weighted by atomic mass is 16.5. The van der Waals surface area contributed by atoms with Crippen LogP contribution in [-0.2, 0) is 14.3 Å². The zero-order valence-electron chi connectivity index (χ0n) is 14.2. The maximum Gasteiger partial charge on any atom is 0.223 e. The highest BCUT2D eigenvalue weighted by Crippen LogP contribution is 2.32. The SMILES string of the molecule is COCCC1(NC(=O)C2CC2)CCN(C(=O)CC(C)C)CC1. The number of likely N-dealkylation sites (tertiary alicyclic amines) is 1. The molecule has 0 unspecified atom stereocenters. The Morgan fingerprint density at radius 1 is 1.27 bits per heavy atom. The van der Waals surface area contributed by atoms with Gasteiger partial charge in [0.05, 0.1) is 0 Å². The van der Waals surface area contributed by atoms with Gasteiger partial charge in [0.1, 0.15) is 0 Å². The lowest BCUT2D eigenvalue weighted by atomic mass is 9.84. The molecule has 1 saturated carbocycles. The number of methoxy groups -OCH3 is 1. The van der Waals surface area contributed by atoms with Gasteiger partial charge >= 0.3 is 0 Å². The minimum atomic E-state index is -0.190. The Hall–Kier alpha value is -1.10. The van der Waals surface area contributed by atoms with Crippen molar-refractivity contribution in [3.63, 3.8) is 0 Å². The molecule has 2 amide bonds. The van der Waals surface area contributed by atoms with Gasteiger partial charge in [-0.3, -0.25) is 9.59 Å². The summed E-state index contributed by atoms with van der Waals surface area (Å²) in [7, 11) is 1.69. The van der Waals surface area contributed by atoms with Crippen LogP contribution in [0.1, 0.15) is 52.4 Å². The van der Waals surface area contributed by atoms with E-state index < -0.39 is 0 Å². The third-order valence-corrected chi connectivity index (χ3v) is 4.78. The minimum absolute atomic E-state index is 0.190. The van der Waals surface area contributed by atoms with E-state index in [1.54, 1.807) is 7.11 Å². The summed E-state index contributed by atoms with van der Waals surface area (Å²) >= 11 is 0. The average Bonchev–Trinajstić information content (AvgIpc) is 3.30. The Bertz CT molecular complexity index is 397. The third-order valence-electron chi connectivity index (χ3n) is 4.78. The molecule has 1 aliphatic heterocycles. The summed E-state index contributed by atoms with van der Waals surface area (Å²) in [4.78, 5) is 26.3. The van der Waals surface area contributed by atoms with Crippen molar-refractivity contribution in [2.45, 2.75) is 57.9 Å². The lowest BCUT2D eigenvalue weighted by Gasteiger charge is -2.42. The van der Waals surface area contributed by atoms with Crippen LogP contribution in [0.2, 0.25) is 0 Å². The van der Waals surface area contributed by atoms with Crippen LogP contribution >= 0.6 is 0 Å². The van der Waals surface area contributed by atoms with Crippen LogP contribution in [0.5, 0.6) is 0 Å². The van der Waals surface area contributed by atoms with Gasteiger partial charge in [0.2, 0.25) is 11.8 Å². The Morgan fingerprint density at radius 3 is 2.41 bits per heavy atom. The Morgan fingerprint density at radius 2 is 1.91 bits per heavy atom. The predicted octanol–water partition coefficient (Wildman–Crippen LogP) is 1.96. The van der Waals surface area contributed by atoms with Gasteiger partial charge in [-0.1, -0.05) is 13.8 Å². The molecule has 1 saturated heterocycles. The van der Waals surface area contributed by atoms with Crippen molar-refractivity contribution in [2.24, 2.45) is 11.8 Å². The van der Waals surface area contributed by atoms with Crippen LogP contribution in [0.25, 0.3) is 0 Å². The van der Waals surface area contributed by atoms with Crippen molar-refractivity contribution in [3.8, 4) is 0 Å². The smallest absolute Gasteiger partial charge is 0.223 e. The first kappa shape index (κ1) is 17.3. The summed E-state index contributed by atoms with van der Waals surface area (Å²) in [6.07, 6.45) is 5.14. The predicted molar refractivity (Wildman–Crippen MR) is 85.4 cm³/mol. The summed E-state index contributed by atoms with van der Waals surface area (Å²) in [6.45, 7) is 6.26. The van der Waals surface area contributed by atoms with Gasteiger partial charge in [-0.15, -0.1) is 0 Å². The number of carbonyl (C=O) groups excluding carboxylic acids is 2. The molecule has 126 valence electrons. The van der Waals surface area contributed by atoms with Gasteiger partial charge in [0.15, 0.2) is 0 Å². The standard InChI is InChI=1S/C17H30N2O3/c1-13(2)12-15(20)19-9-6-17(7-10-19,8-11-22-3)18-16(21)14-4-5-14/h13-14H,4-12H2,1-3H3,(H,18,21). The molecule has 2 rings (SSSR count). The van der Waals surface area contributed by atoms with Gasteiger partial charge in [0, 0.05) is 44.7 Å². The summed E-state index contributed by atoms with van der Waals surface area (Å²) < 4.78 is 5.22. The maximum absolute atomic E-state index is 12.2. The minimum Gasteiger partial charge on any atom is -0.385 e. The Kier molecular flexibility index (Phi) is 5.84. The number of ether oxygens (including phenoxy) is 1. The highest BCUT2D eigenvalue weighted by Gasteiger charge is 2.40. The Labute approximate surface area is 133 Å². The van der Waals surface area contributed by atoms with Crippen molar-refractivity contribution >= 4 is 11.8 Å². The molecule has 5 nitrogen and oxygen atoms in total. The number of hydrogen-bond donors (Lipinski definition) is 1. The number of carbonyl (C=O) groups is 2. The van der Waals surface area contributed by atoms with E-state index in [9.17, 15) is 9.59 Å². The van der Waals surface area contributed by atoms with E-state index in [0.717, 1.165) is 45.2 Å². The molecule has 2 aliphatic rings. The summed E-state index contributed by atoms with van der Waals surface area (Å²) in [5.41, 5.74) is -0.190. The summed E-state index contributed by atoms with van der Waals surface area (Å²) in [6, 6.07) is 0. The fourth-order valence-corrected chi connectivity index (χ4v) is 3.11. The molecule has 0 aromatic carbocycles. The van der Waals surface area contributed by atoms with Crippen molar-refractivity contribution < 1.29 is 14.3 Å². The molecule has 2 fully saturated rings. The van der Waals surface area contributed by atoms with Gasteiger partial charge in [-0.25, -0.2) is 0 Å². The fourth-order valence-electron chi connectivity index (χ4n) is 3.11. The van der Waals surface area contributed by atoms with Gasteiger partial charge in [-0.05, 0) is 38.0 Å². The summed E-state index contributed by atoms with van der Waals surface area (Å²) in [5, 5.41) is 3.27. The fraction of sp³-hybridized carbons (Fsp3) is 0.882. The first-order valence-electron chi connectivity index (χ1n) is 8.54. The van der Waals surface area contributed by atoms with Crippen molar-refractivity contribution in [2.75, 3.05) is 26.8 Å². The number of rotatable bonds is 7. The topological polar surface area (TPSA) is 58.6 Å². The molecule has 1 N–H and O–H groups in total. The molecule has 0 atom stereocenters. The van der Waals surface area contributed by atoms with Crippen molar-refractivity contribution in [3.05, 3.63) is 0 Å². The molecule has 0 radical (unpaired) electrons. The lowest BCUT2D eigenvalue weighted by molar-refractivity contribution is -0.134. The van der Waals surface area contributed by atoms with E-state index in [1.165, 1.54) is 0 Å². The van der Waals surface area contributed by atoms with Crippen LogP contribution in [0.15, 0.2) is 0 Å². The number of piperidine rings is 1. The monoisotopic (exact) mass is 310 g/mol. The maximum atomic E-state index is 12.2. The second-order valence-electron chi connectivity index (χ2n) is 7.27. The molecule has 1 aliphatic carbocycles. The van der Waals surface area contributed by atoms with E-state index in [0.29, 0.717) is 18.9 Å². The Balaban J connectivity index is 1.91. The summed E-state index contributed by atoms with van der Waals surface area (Å²) in [5.74, 6) is 1.05. The molecule has 1 heterocycles. The van der Waals surface area contributed by atoms with E-state index in [-0.39, 0.29) is 23.3 Å². The first-order valence-corrected chi connectivity index (χ1v) is 8.54. The van der Waals surface area contributed by atoms with Crippen LogP contribution in [0.4, 0.5) is 0 Å². The number of nitrogens with one attached hydrogen (secondary N) is 1. The zero-order chi connectivity index (χ0) is 16.2. The van der Waals surface area contributed by atoms with E-state index in [4.69, 9.17) is 4.74 Å². The molecule has 22 heavy (non-hydrogen) atoms. The second kappa shape index (κ2) is 7.44. The lowest BCUT2D eigenvalue weighted by Crippen LogP contribution is -2.57. The largest absolute Gasteiger partial charge is 0.385 e.